The van der Waals surface area contributed by atoms with Crippen LogP contribution in [0.25, 0.3) is 16.3 Å². The molecular weight excluding hydrogens is 274 g/mol. The molecule has 0 radical (unpaired) electrons. The molecule has 1 nitrogen and oxygen atoms in total. The van der Waals surface area contributed by atoms with E-state index >= 15 is 0 Å². The number of fused-ring (bicyclic) bond motifs is 1. The number of halogens is 1. The third kappa shape index (κ3) is 2.43. The van der Waals surface area contributed by atoms with Crippen molar-refractivity contribution in [2.45, 2.75) is 6.42 Å². The van der Waals surface area contributed by atoms with Crippen LogP contribution in [0, 0.1) is 0 Å². The highest BCUT2D eigenvalue weighted by molar-refractivity contribution is 8.93. The van der Waals surface area contributed by atoms with Crippen molar-refractivity contribution >= 4 is 33.3 Å². The van der Waals surface area contributed by atoms with Crippen molar-refractivity contribution in [1.82, 2.24) is 5.32 Å². The second-order valence-corrected chi connectivity index (χ2v) is 4.21. The van der Waals surface area contributed by atoms with E-state index in [0.717, 1.165) is 19.5 Å². The number of benzene rings is 2. The SMILES string of the molecule is Br.C1=C(c2cccc3ccccc23)CCNC1. The first-order valence-electron chi connectivity index (χ1n) is 5.83. The molecule has 0 aliphatic carbocycles. The Bertz CT molecular complexity index is 540. The van der Waals surface area contributed by atoms with Gasteiger partial charge in [-0.3, -0.25) is 0 Å². The summed E-state index contributed by atoms with van der Waals surface area (Å²) < 4.78 is 0. The molecule has 1 aliphatic rings. The highest BCUT2D eigenvalue weighted by Crippen LogP contribution is 2.27. The molecule has 0 saturated heterocycles. The van der Waals surface area contributed by atoms with Crippen molar-refractivity contribution in [1.29, 1.82) is 0 Å². The minimum absolute atomic E-state index is 0. The van der Waals surface area contributed by atoms with Crippen molar-refractivity contribution in [2.24, 2.45) is 0 Å². The van der Waals surface area contributed by atoms with Gasteiger partial charge in [0.05, 0.1) is 0 Å². The van der Waals surface area contributed by atoms with E-state index in [1.165, 1.54) is 21.9 Å². The van der Waals surface area contributed by atoms with E-state index in [-0.39, 0.29) is 17.0 Å². The van der Waals surface area contributed by atoms with Crippen LogP contribution in [0.15, 0.2) is 48.5 Å². The molecule has 0 spiro atoms. The van der Waals surface area contributed by atoms with Crippen molar-refractivity contribution in [3.05, 3.63) is 54.1 Å². The van der Waals surface area contributed by atoms with Crippen molar-refractivity contribution in [3.63, 3.8) is 0 Å². The molecule has 0 aromatic heterocycles. The lowest BCUT2D eigenvalue weighted by atomic mass is 9.95. The first-order chi connectivity index (χ1) is 7.95. The van der Waals surface area contributed by atoms with Gasteiger partial charge in [0, 0.05) is 6.54 Å². The fourth-order valence-corrected chi connectivity index (χ4v) is 2.37. The molecule has 17 heavy (non-hydrogen) atoms. The summed E-state index contributed by atoms with van der Waals surface area (Å²) in [6.07, 6.45) is 3.44. The van der Waals surface area contributed by atoms with Gasteiger partial charge < -0.3 is 5.32 Å². The minimum atomic E-state index is 0. The van der Waals surface area contributed by atoms with Crippen LogP contribution in [0.3, 0.4) is 0 Å². The van der Waals surface area contributed by atoms with E-state index in [4.69, 9.17) is 0 Å². The zero-order valence-corrected chi connectivity index (χ0v) is 11.4. The molecule has 0 fully saturated rings. The monoisotopic (exact) mass is 289 g/mol. The normalized spacial score (nSPS) is 15.2. The maximum absolute atomic E-state index is 3.36. The average Bonchev–Trinajstić information content (AvgIpc) is 2.39. The van der Waals surface area contributed by atoms with Crippen molar-refractivity contribution < 1.29 is 0 Å². The predicted octanol–water partition coefficient (Wildman–Crippen LogP) is 3.79. The number of hydrogen-bond donors (Lipinski definition) is 1. The minimum Gasteiger partial charge on any atom is -0.313 e. The Morgan fingerprint density at radius 1 is 0.941 bits per heavy atom. The molecule has 0 unspecified atom stereocenters. The van der Waals surface area contributed by atoms with Gasteiger partial charge in [-0.1, -0.05) is 48.5 Å². The third-order valence-corrected chi connectivity index (χ3v) is 3.20. The lowest BCUT2D eigenvalue weighted by Crippen LogP contribution is -2.20. The smallest absolute Gasteiger partial charge is 0.0140 e. The van der Waals surface area contributed by atoms with Crippen LogP contribution in [0.2, 0.25) is 0 Å². The van der Waals surface area contributed by atoms with Crippen molar-refractivity contribution in [3.8, 4) is 0 Å². The topological polar surface area (TPSA) is 12.0 Å². The molecule has 1 N–H and O–H groups in total. The molecule has 0 amide bonds. The van der Waals surface area contributed by atoms with Gasteiger partial charge in [0.1, 0.15) is 0 Å². The van der Waals surface area contributed by atoms with Crippen LogP contribution in [0.4, 0.5) is 0 Å². The summed E-state index contributed by atoms with van der Waals surface area (Å²) in [7, 11) is 0. The Labute approximate surface area is 112 Å². The quantitative estimate of drug-likeness (QED) is 0.842. The molecule has 1 aliphatic heterocycles. The van der Waals surface area contributed by atoms with Crippen LogP contribution < -0.4 is 5.32 Å². The summed E-state index contributed by atoms with van der Waals surface area (Å²) in [5, 5.41) is 6.06. The predicted molar refractivity (Wildman–Crippen MR) is 79.7 cm³/mol. The summed E-state index contributed by atoms with van der Waals surface area (Å²) >= 11 is 0. The molecule has 0 bridgehead atoms. The third-order valence-electron chi connectivity index (χ3n) is 3.20. The van der Waals surface area contributed by atoms with Crippen LogP contribution >= 0.6 is 17.0 Å². The van der Waals surface area contributed by atoms with Gasteiger partial charge >= 0.3 is 0 Å². The molecule has 88 valence electrons. The van der Waals surface area contributed by atoms with E-state index < -0.39 is 0 Å². The van der Waals surface area contributed by atoms with E-state index in [2.05, 4.69) is 53.9 Å². The molecular formula is C15H16BrN. The lowest BCUT2D eigenvalue weighted by Gasteiger charge is -2.16. The maximum Gasteiger partial charge on any atom is 0.0140 e. The van der Waals surface area contributed by atoms with Crippen molar-refractivity contribution in [2.75, 3.05) is 13.1 Å². The summed E-state index contributed by atoms with van der Waals surface area (Å²) in [5.74, 6) is 0. The van der Waals surface area contributed by atoms with Gasteiger partial charge in [-0.2, -0.15) is 0 Å². The van der Waals surface area contributed by atoms with E-state index in [1.54, 1.807) is 0 Å². The number of nitrogens with one attached hydrogen (secondary N) is 1. The fraction of sp³-hybridized carbons (Fsp3) is 0.200. The summed E-state index contributed by atoms with van der Waals surface area (Å²) in [6, 6.07) is 15.2. The number of rotatable bonds is 1. The fourth-order valence-electron chi connectivity index (χ4n) is 2.37. The first-order valence-corrected chi connectivity index (χ1v) is 5.83. The Morgan fingerprint density at radius 2 is 1.76 bits per heavy atom. The average molecular weight is 290 g/mol. The van der Waals surface area contributed by atoms with Gasteiger partial charge in [-0.15, -0.1) is 17.0 Å². The van der Waals surface area contributed by atoms with Crippen LogP contribution in [0.1, 0.15) is 12.0 Å². The maximum atomic E-state index is 3.36. The van der Waals surface area contributed by atoms with E-state index in [9.17, 15) is 0 Å². The van der Waals surface area contributed by atoms with Gasteiger partial charge in [-0.05, 0) is 34.9 Å². The largest absolute Gasteiger partial charge is 0.313 e. The van der Waals surface area contributed by atoms with Crippen LogP contribution in [-0.2, 0) is 0 Å². The van der Waals surface area contributed by atoms with E-state index in [1.807, 2.05) is 0 Å². The highest BCUT2D eigenvalue weighted by Gasteiger charge is 2.08. The van der Waals surface area contributed by atoms with Gasteiger partial charge in [0.15, 0.2) is 0 Å². The highest BCUT2D eigenvalue weighted by atomic mass is 79.9. The molecule has 2 aromatic rings. The Hall–Kier alpha value is -1.12. The summed E-state index contributed by atoms with van der Waals surface area (Å²) in [4.78, 5) is 0. The molecule has 1 heterocycles. The number of hydrogen-bond acceptors (Lipinski definition) is 1. The second-order valence-electron chi connectivity index (χ2n) is 4.21. The van der Waals surface area contributed by atoms with E-state index in [0.29, 0.717) is 0 Å². The molecule has 2 aromatic carbocycles. The first kappa shape index (κ1) is 12.3. The molecule has 2 heteroatoms. The molecule has 3 rings (SSSR count). The molecule has 0 saturated carbocycles. The van der Waals surface area contributed by atoms with Gasteiger partial charge in [-0.25, -0.2) is 0 Å². The zero-order valence-electron chi connectivity index (χ0n) is 9.65. The van der Waals surface area contributed by atoms with Gasteiger partial charge in [0.2, 0.25) is 0 Å². The van der Waals surface area contributed by atoms with Crippen LogP contribution in [-0.4, -0.2) is 13.1 Å². The zero-order chi connectivity index (χ0) is 10.8. The Kier molecular flexibility index (Phi) is 3.97. The Balaban J connectivity index is 0.00000108. The van der Waals surface area contributed by atoms with Gasteiger partial charge in [0.25, 0.3) is 0 Å². The Morgan fingerprint density at radius 3 is 2.59 bits per heavy atom. The lowest BCUT2D eigenvalue weighted by molar-refractivity contribution is 0.739. The van der Waals surface area contributed by atoms with Crippen LogP contribution in [0.5, 0.6) is 0 Å². The second kappa shape index (κ2) is 5.48. The summed E-state index contributed by atoms with van der Waals surface area (Å²) in [6.45, 7) is 2.09. The standard InChI is InChI=1S/C15H15N.BrH/c1-2-6-14-12(4-1)5-3-7-15(14)13-8-10-16-11-9-13;/h1-8,16H,9-11H2;1H. The summed E-state index contributed by atoms with van der Waals surface area (Å²) in [5.41, 5.74) is 2.88. The molecule has 0 atom stereocenters.